The number of aliphatic carboxylic acids is 1. The van der Waals surface area contributed by atoms with Crippen LogP contribution in [0.4, 0.5) is 13.2 Å². The molecule has 166 valence electrons. The molecular weight excluding hydrogens is 445 g/mol. The van der Waals surface area contributed by atoms with Crippen LogP contribution in [0.5, 0.6) is 5.75 Å². The number of oxazole rings is 1. The first kappa shape index (κ1) is 21.8. The average molecular weight is 462 g/mol. The van der Waals surface area contributed by atoms with Crippen molar-refractivity contribution >= 4 is 28.4 Å². The predicted molar refractivity (Wildman–Crippen MR) is 112 cm³/mol. The predicted octanol–water partition coefficient (Wildman–Crippen LogP) is 5.79. The zero-order chi connectivity index (χ0) is 23.0. The Morgan fingerprint density at radius 2 is 1.88 bits per heavy atom. The molecule has 0 fully saturated rings. The van der Waals surface area contributed by atoms with Gasteiger partial charge in [-0.25, -0.2) is 9.97 Å². The lowest BCUT2D eigenvalue weighted by Gasteiger charge is -2.08. The molecule has 0 atom stereocenters. The van der Waals surface area contributed by atoms with Gasteiger partial charge in [0.25, 0.3) is 0 Å². The number of hydrogen-bond donors (Lipinski definition) is 1. The van der Waals surface area contributed by atoms with E-state index in [0.717, 1.165) is 28.3 Å². The number of thiazole rings is 1. The van der Waals surface area contributed by atoms with Crippen LogP contribution in [0.3, 0.4) is 0 Å². The number of alkyl halides is 3. The topological polar surface area (TPSA) is 85.5 Å². The quantitative estimate of drug-likeness (QED) is 0.390. The van der Waals surface area contributed by atoms with E-state index < -0.39 is 17.7 Å². The molecule has 0 spiro atoms. The largest absolute Gasteiger partial charge is 0.488 e. The molecule has 4 rings (SSSR count). The van der Waals surface area contributed by atoms with E-state index in [2.05, 4.69) is 9.97 Å². The van der Waals surface area contributed by atoms with Gasteiger partial charge in [-0.15, -0.1) is 11.3 Å². The molecule has 0 bridgehead atoms. The molecule has 0 aliphatic rings. The standard InChI is InChI=1S/C22H17F3N2O4S/c1-11-7-15-17(31-19(27-15)9-20(28)29)8-16(11)30-10-18-12(2)26-21(32-18)13-3-5-14(6-4-13)22(23,24)25/h3-8H,9-10H2,1-2H3,(H,28,29). The highest BCUT2D eigenvalue weighted by Gasteiger charge is 2.30. The number of nitrogens with zero attached hydrogens (tertiary/aromatic N) is 2. The van der Waals surface area contributed by atoms with Gasteiger partial charge < -0.3 is 14.3 Å². The van der Waals surface area contributed by atoms with E-state index in [-0.39, 0.29) is 18.9 Å². The van der Waals surface area contributed by atoms with Crippen molar-refractivity contribution in [3.05, 3.63) is 64.0 Å². The Bertz CT molecular complexity index is 1290. The molecule has 2 heterocycles. The van der Waals surface area contributed by atoms with Crippen LogP contribution in [0.25, 0.3) is 21.7 Å². The Morgan fingerprint density at radius 1 is 1.16 bits per heavy atom. The van der Waals surface area contributed by atoms with Gasteiger partial charge in [-0.1, -0.05) is 12.1 Å². The molecule has 0 unspecified atom stereocenters. The van der Waals surface area contributed by atoms with Crippen LogP contribution in [0, 0.1) is 13.8 Å². The fourth-order valence-corrected chi connectivity index (χ4v) is 4.08. The van der Waals surface area contributed by atoms with E-state index in [9.17, 15) is 18.0 Å². The van der Waals surface area contributed by atoms with Gasteiger partial charge in [0.1, 0.15) is 29.3 Å². The highest BCUT2D eigenvalue weighted by molar-refractivity contribution is 7.15. The second-order valence-corrected chi connectivity index (χ2v) is 8.24. The number of ether oxygens (including phenoxy) is 1. The number of benzene rings is 2. The second kappa shape index (κ2) is 8.27. The van der Waals surface area contributed by atoms with Crippen molar-refractivity contribution < 1.29 is 32.2 Å². The molecule has 0 radical (unpaired) electrons. The number of aromatic nitrogens is 2. The number of carboxylic acids is 1. The third-order valence-corrected chi connectivity index (χ3v) is 5.92. The van der Waals surface area contributed by atoms with E-state index in [1.165, 1.54) is 23.5 Å². The number of fused-ring (bicyclic) bond motifs is 1. The number of carboxylic acid groups (broad SMARTS) is 1. The summed E-state index contributed by atoms with van der Waals surface area (Å²) < 4.78 is 49.7. The zero-order valence-corrected chi connectivity index (χ0v) is 17.8. The van der Waals surface area contributed by atoms with Crippen LogP contribution in [-0.2, 0) is 24.0 Å². The first-order chi connectivity index (χ1) is 15.1. The smallest absolute Gasteiger partial charge is 0.416 e. The SMILES string of the molecule is Cc1cc2nc(CC(=O)O)oc2cc1OCc1sc(-c2ccc(C(F)(F)F)cc2)nc1C. The third-order valence-electron chi connectivity index (χ3n) is 4.74. The Balaban J connectivity index is 1.52. The van der Waals surface area contributed by atoms with Gasteiger partial charge in [0, 0.05) is 11.6 Å². The maximum Gasteiger partial charge on any atom is 0.416 e. The molecular formula is C22H17F3N2O4S. The first-order valence-corrected chi connectivity index (χ1v) is 10.3. The van der Waals surface area contributed by atoms with Gasteiger partial charge in [-0.3, -0.25) is 4.79 Å². The average Bonchev–Trinajstić information content (AvgIpc) is 3.27. The van der Waals surface area contributed by atoms with Crippen molar-refractivity contribution in [3.63, 3.8) is 0 Å². The summed E-state index contributed by atoms with van der Waals surface area (Å²) in [6.45, 7) is 3.87. The number of halogens is 3. The lowest BCUT2D eigenvalue weighted by Crippen LogP contribution is -2.03. The summed E-state index contributed by atoms with van der Waals surface area (Å²) in [6, 6.07) is 8.31. The Morgan fingerprint density at radius 3 is 2.53 bits per heavy atom. The van der Waals surface area contributed by atoms with E-state index in [1.54, 1.807) is 12.1 Å². The molecule has 32 heavy (non-hydrogen) atoms. The van der Waals surface area contributed by atoms with Crippen LogP contribution < -0.4 is 4.74 Å². The monoisotopic (exact) mass is 462 g/mol. The minimum absolute atomic E-state index is 0.114. The van der Waals surface area contributed by atoms with Gasteiger partial charge in [0.15, 0.2) is 5.58 Å². The lowest BCUT2D eigenvalue weighted by atomic mass is 10.1. The molecule has 10 heteroatoms. The zero-order valence-electron chi connectivity index (χ0n) is 17.0. The minimum Gasteiger partial charge on any atom is -0.488 e. The van der Waals surface area contributed by atoms with Crippen molar-refractivity contribution in [3.8, 4) is 16.3 Å². The van der Waals surface area contributed by atoms with E-state index in [1.807, 2.05) is 13.8 Å². The van der Waals surface area contributed by atoms with Crippen molar-refractivity contribution in [2.45, 2.75) is 33.1 Å². The Hall–Kier alpha value is -3.40. The van der Waals surface area contributed by atoms with Gasteiger partial charge in [-0.05, 0) is 37.6 Å². The molecule has 0 aliphatic heterocycles. The highest BCUT2D eigenvalue weighted by Crippen LogP contribution is 2.34. The molecule has 0 saturated heterocycles. The molecule has 4 aromatic rings. The normalized spacial score (nSPS) is 11.8. The maximum atomic E-state index is 12.8. The van der Waals surface area contributed by atoms with Gasteiger partial charge in [0.05, 0.1) is 16.1 Å². The van der Waals surface area contributed by atoms with Crippen molar-refractivity contribution in [1.82, 2.24) is 9.97 Å². The Labute approximate surface area is 184 Å². The maximum absolute atomic E-state index is 12.8. The fourth-order valence-electron chi connectivity index (χ4n) is 3.10. The molecule has 1 N–H and O–H groups in total. The number of aryl methyl sites for hydroxylation is 2. The van der Waals surface area contributed by atoms with Crippen molar-refractivity contribution in [2.75, 3.05) is 0 Å². The van der Waals surface area contributed by atoms with Crippen LogP contribution >= 0.6 is 11.3 Å². The van der Waals surface area contributed by atoms with Crippen LogP contribution in [0.15, 0.2) is 40.8 Å². The summed E-state index contributed by atoms with van der Waals surface area (Å²) in [5.41, 5.74) is 2.40. The fraction of sp³-hybridized carbons (Fsp3) is 0.227. The van der Waals surface area contributed by atoms with Gasteiger partial charge >= 0.3 is 12.1 Å². The van der Waals surface area contributed by atoms with Crippen molar-refractivity contribution in [1.29, 1.82) is 0 Å². The number of carbonyl (C=O) groups is 1. The summed E-state index contributed by atoms with van der Waals surface area (Å²) in [7, 11) is 0. The highest BCUT2D eigenvalue weighted by atomic mass is 32.1. The summed E-state index contributed by atoms with van der Waals surface area (Å²) >= 11 is 1.35. The summed E-state index contributed by atoms with van der Waals surface area (Å²) in [4.78, 5) is 20.3. The van der Waals surface area contributed by atoms with Crippen LogP contribution in [-0.4, -0.2) is 21.0 Å². The van der Waals surface area contributed by atoms with Gasteiger partial charge in [0.2, 0.25) is 5.89 Å². The Kier molecular flexibility index (Phi) is 5.64. The van der Waals surface area contributed by atoms with Crippen LogP contribution in [0.2, 0.25) is 0 Å². The molecule has 6 nitrogen and oxygen atoms in total. The molecule has 2 aromatic carbocycles. The minimum atomic E-state index is -4.38. The first-order valence-electron chi connectivity index (χ1n) is 9.49. The molecule has 0 aliphatic carbocycles. The molecule has 0 amide bonds. The number of hydrogen-bond acceptors (Lipinski definition) is 6. The van der Waals surface area contributed by atoms with Crippen LogP contribution in [0.1, 0.15) is 27.6 Å². The van der Waals surface area contributed by atoms with E-state index >= 15 is 0 Å². The van der Waals surface area contributed by atoms with Gasteiger partial charge in [-0.2, -0.15) is 13.2 Å². The van der Waals surface area contributed by atoms with E-state index in [0.29, 0.717) is 27.4 Å². The van der Waals surface area contributed by atoms with E-state index in [4.69, 9.17) is 14.3 Å². The summed E-state index contributed by atoms with van der Waals surface area (Å²) in [6.07, 6.45) is -4.69. The summed E-state index contributed by atoms with van der Waals surface area (Å²) in [5.74, 6) is -0.364. The molecule has 0 saturated carbocycles. The lowest BCUT2D eigenvalue weighted by molar-refractivity contribution is -0.138. The number of rotatable bonds is 6. The third kappa shape index (κ3) is 4.59. The second-order valence-electron chi connectivity index (χ2n) is 7.15. The molecule has 2 aromatic heterocycles. The van der Waals surface area contributed by atoms with Crippen molar-refractivity contribution in [2.24, 2.45) is 0 Å². The summed E-state index contributed by atoms with van der Waals surface area (Å²) in [5, 5.41) is 9.50.